The second kappa shape index (κ2) is 11.8. The van der Waals surface area contributed by atoms with E-state index >= 15 is 0 Å². The number of ether oxygens (including phenoxy) is 2. The Morgan fingerprint density at radius 2 is 1.34 bits per heavy atom. The lowest BCUT2D eigenvalue weighted by molar-refractivity contribution is -0.136. The summed E-state index contributed by atoms with van der Waals surface area (Å²) in [5.41, 5.74) is 2.21. The number of likely N-dealkylation sites (N-methyl/N-ethyl adjacent to an activating group) is 2. The van der Waals surface area contributed by atoms with Crippen molar-refractivity contribution in [2.24, 2.45) is 0 Å². The van der Waals surface area contributed by atoms with Crippen molar-refractivity contribution in [3.63, 3.8) is 0 Å². The van der Waals surface area contributed by atoms with Gasteiger partial charge in [0.1, 0.15) is 11.5 Å². The number of aryl methyl sites for hydroxylation is 1. The minimum atomic E-state index is -0.267. The van der Waals surface area contributed by atoms with Crippen molar-refractivity contribution in [3.05, 3.63) is 59.7 Å². The van der Waals surface area contributed by atoms with Crippen LogP contribution < -0.4 is 9.47 Å². The summed E-state index contributed by atoms with van der Waals surface area (Å²) in [7, 11) is 7.35. The van der Waals surface area contributed by atoms with Gasteiger partial charge in [0.2, 0.25) is 0 Å². The van der Waals surface area contributed by atoms with Crippen LogP contribution in [0.4, 0.5) is 0 Å². The number of hydrogen-bond donors (Lipinski definition) is 0. The molecule has 174 valence electrons. The van der Waals surface area contributed by atoms with Gasteiger partial charge in [-0.3, -0.25) is 19.4 Å². The van der Waals surface area contributed by atoms with Gasteiger partial charge in [-0.2, -0.15) is 0 Å². The second-order valence-electron chi connectivity index (χ2n) is 9.34. The van der Waals surface area contributed by atoms with E-state index in [-0.39, 0.29) is 30.4 Å². The zero-order valence-electron chi connectivity index (χ0n) is 20.2. The Kier molecular flexibility index (Phi) is 9.42. The third-order valence-electron chi connectivity index (χ3n) is 5.14. The minimum Gasteiger partial charge on any atom is -0.426 e. The Morgan fingerprint density at radius 1 is 0.812 bits per heavy atom. The Bertz CT molecular complexity index is 906. The van der Waals surface area contributed by atoms with Crippen molar-refractivity contribution in [1.29, 1.82) is 0 Å². The standard InChI is InChI=1S/C26H36N2O4/c1-26(2,21-12-8-14-23(17-21)32-25(30)19-28(5)6)15-9-11-20-10-7-13-22(16-20)31-24(29)18-27(3)4/h7-8,10,12-14,16-17H,9,11,15,18-19H2,1-6H3. The molecule has 0 aromatic heterocycles. The zero-order valence-corrected chi connectivity index (χ0v) is 20.2. The molecule has 2 aromatic carbocycles. The molecule has 0 radical (unpaired) electrons. The largest absolute Gasteiger partial charge is 0.426 e. The first-order chi connectivity index (χ1) is 15.0. The van der Waals surface area contributed by atoms with Gasteiger partial charge in [-0.05, 0) is 88.3 Å². The fourth-order valence-electron chi connectivity index (χ4n) is 3.47. The van der Waals surface area contributed by atoms with Crippen molar-refractivity contribution < 1.29 is 19.1 Å². The molecule has 0 unspecified atom stereocenters. The van der Waals surface area contributed by atoms with Gasteiger partial charge in [0, 0.05) is 0 Å². The number of rotatable bonds is 11. The molecule has 0 amide bonds. The van der Waals surface area contributed by atoms with Crippen LogP contribution in [-0.4, -0.2) is 63.0 Å². The van der Waals surface area contributed by atoms with Gasteiger partial charge < -0.3 is 9.47 Å². The van der Waals surface area contributed by atoms with Crippen LogP contribution in [0.3, 0.4) is 0 Å². The molecule has 0 fully saturated rings. The van der Waals surface area contributed by atoms with Crippen LogP contribution in [0.15, 0.2) is 48.5 Å². The van der Waals surface area contributed by atoms with E-state index in [9.17, 15) is 9.59 Å². The average Bonchev–Trinajstić information content (AvgIpc) is 2.67. The molecule has 6 heteroatoms. The average molecular weight is 441 g/mol. The lowest BCUT2D eigenvalue weighted by atomic mass is 9.80. The molecule has 0 aliphatic rings. The summed E-state index contributed by atoms with van der Waals surface area (Å²) in [5.74, 6) is 0.631. The van der Waals surface area contributed by atoms with Gasteiger partial charge in [0.15, 0.2) is 0 Å². The molecule has 0 saturated heterocycles. The SMILES string of the molecule is CN(C)CC(=O)Oc1cccc(CCCC(C)(C)c2cccc(OC(=O)CN(C)C)c2)c1. The Labute approximate surface area is 192 Å². The third kappa shape index (κ3) is 8.81. The highest BCUT2D eigenvalue weighted by Crippen LogP contribution is 2.31. The lowest BCUT2D eigenvalue weighted by Gasteiger charge is -2.26. The summed E-state index contributed by atoms with van der Waals surface area (Å²) in [6.45, 7) is 4.90. The van der Waals surface area contributed by atoms with E-state index in [0.717, 1.165) is 30.4 Å². The molecule has 0 spiro atoms. The van der Waals surface area contributed by atoms with Crippen molar-refractivity contribution in [1.82, 2.24) is 9.80 Å². The fraction of sp³-hybridized carbons (Fsp3) is 0.462. The van der Waals surface area contributed by atoms with Crippen LogP contribution in [0.25, 0.3) is 0 Å². The molecule has 0 N–H and O–H groups in total. The topological polar surface area (TPSA) is 59.1 Å². The molecular weight excluding hydrogens is 404 g/mol. The fourth-order valence-corrected chi connectivity index (χ4v) is 3.47. The molecule has 2 aromatic rings. The quantitative estimate of drug-likeness (QED) is 0.390. The number of hydrogen-bond acceptors (Lipinski definition) is 6. The van der Waals surface area contributed by atoms with Gasteiger partial charge in [-0.25, -0.2) is 0 Å². The summed E-state index contributed by atoms with van der Waals surface area (Å²) in [4.78, 5) is 27.4. The summed E-state index contributed by atoms with van der Waals surface area (Å²) in [6.07, 6.45) is 2.83. The molecule has 32 heavy (non-hydrogen) atoms. The first-order valence-corrected chi connectivity index (χ1v) is 11.0. The van der Waals surface area contributed by atoms with Gasteiger partial charge >= 0.3 is 11.9 Å². The van der Waals surface area contributed by atoms with Crippen molar-refractivity contribution >= 4 is 11.9 Å². The van der Waals surface area contributed by atoms with Crippen LogP contribution in [0.5, 0.6) is 11.5 Å². The minimum absolute atomic E-state index is 0.0697. The van der Waals surface area contributed by atoms with E-state index in [1.807, 2.05) is 64.6 Å². The summed E-state index contributed by atoms with van der Waals surface area (Å²) < 4.78 is 10.9. The maximum atomic E-state index is 12.0. The molecule has 2 rings (SSSR count). The highest BCUT2D eigenvalue weighted by atomic mass is 16.5. The Hall–Kier alpha value is -2.70. The molecule has 0 aliphatic carbocycles. The maximum Gasteiger partial charge on any atom is 0.325 e. The van der Waals surface area contributed by atoms with E-state index in [2.05, 4.69) is 26.0 Å². The second-order valence-corrected chi connectivity index (χ2v) is 9.34. The Balaban J connectivity index is 1.93. The number of benzene rings is 2. The van der Waals surface area contributed by atoms with Gasteiger partial charge in [-0.1, -0.05) is 38.1 Å². The van der Waals surface area contributed by atoms with Crippen LogP contribution in [-0.2, 0) is 21.4 Å². The zero-order chi connectivity index (χ0) is 23.7. The predicted molar refractivity (Wildman–Crippen MR) is 127 cm³/mol. The highest BCUT2D eigenvalue weighted by Gasteiger charge is 2.21. The maximum absolute atomic E-state index is 12.0. The first-order valence-electron chi connectivity index (χ1n) is 11.0. The first kappa shape index (κ1) is 25.6. The van der Waals surface area contributed by atoms with E-state index < -0.39 is 0 Å². The van der Waals surface area contributed by atoms with E-state index in [0.29, 0.717) is 11.5 Å². The molecule has 6 nitrogen and oxygen atoms in total. The van der Waals surface area contributed by atoms with Crippen molar-refractivity contribution in [2.75, 3.05) is 41.3 Å². The number of esters is 2. The van der Waals surface area contributed by atoms with E-state index in [1.165, 1.54) is 0 Å². The van der Waals surface area contributed by atoms with E-state index in [4.69, 9.17) is 9.47 Å². The number of carbonyl (C=O) groups excluding carboxylic acids is 2. The molecule has 0 saturated carbocycles. The third-order valence-corrected chi connectivity index (χ3v) is 5.14. The smallest absolute Gasteiger partial charge is 0.325 e. The number of nitrogens with zero attached hydrogens (tertiary/aromatic N) is 2. The molecule has 0 bridgehead atoms. The van der Waals surface area contributed by atoms with Gasteiger partial charge in [0.25, 0.3) is 0 Å². The highest BCUT2D eigenvalue weighted by molar-refractivity contribution is 5.74. The summed E-state index contributed by atoms with van der Waals surface area (Å²) >= 11 is 0. The molecular formula is C26H36N2O4. The monoisotopic (exact) mass is 440 g/mol. The van der Waals surface area contributed by atoms with Crippen LogP contribution in [0.1, 0.15) is 37.8 Å². The van der Waals surface area contributed by atoms with Gasteiger partial charge in [0.05, 0.1) is 13.1 Å². The molecule has 0 heterocycles. The van der Waals surface area contributed by atoms with E-state index in [1.54, 1.807) is 9.80 Å². The summed E-state index contributed by atoms with van der Waals surface area (Å²) in [5, 5.41) is 0. The lowest BCUT2D eigenvalue weighted by Crippen LogP contribution is -2.25. The molecule has 0 atom stereocenters. The van der Waals surface area contributed by atoms with Crippen LogP contribution in [0.2, 0.25) is 0 Å². The predicted octanol–water partition coefficient (Wildman–Crippen LogP) is 3.92. The summed E-state index contributed by atoms with van der Waals surface area (Å²) in [6, 6.07) is 15.5. The number of carbonyl (C=O) groups is 2. The molecule has 0 aliphatic heterocycles. The normalized spacial score (nSPS) is 11.6. The van der Waals surface area contributed by atoms with Crippen molar-refractivity contribution in [2.45, 2.75) is 38.5 Å². The Morgan fingerprint density at radius 3 is 1.91 bits per heavy atom. The van der Waals surface area contributed by atoms with Gasteiger partial charge in [-0.15, -0.1) is 0 Å². The van der Waals surface area contributed by atoms with Crippen molar-refractivity contribution in [3.8, 4) is 11.5 Å². The van der Waals surface area contributed by atoms with Crippen LogP contribution in [0, 0.1) is 0 Å². The van der Waals surface area contributed by atoms with Crippen LogP contribution >= 0.6 is 0 Å².